The predicted molar refractivity (Wildman–Crippen MR) is 166 cm³/mol. The van der Waals surface area contributed by atoms with Crippen molar-refractivity contribution in [3.8, 4) is 0 Å². The van der Waals surface area contributed by atoms with Gasteiger partial charge in [0.15, 0.2) is 0 Å². The van der Waals surface area contributed by atoms with Crippen molar-refractivity contribution in [3.05, 3.63) is 93.0 Å². The molecular weight excluding hydrogens is 581 g/mol. The molecule has 3 rings (SSSR count). The highest BCUT2D eigenvalue weighted by Gasteiger charge is 2.33. The summed E-state index contributed by atoms with van der Waals surface area (Å²) in [4.78, 5) is 28.6. The van der Waals surface area contributed by atoms with Crippen LogP contribution in [0.25, 0.3) is 0 Å². The predicted octanol–water partition coefficient (Wildman–Crippen LogP) is 6.30. The fourth-order valence-electron chi connectivity index (χ4n) is 4.21. The maximum atomic E-state index is 14.1. The first-order chi connectivity index (χ1) is 19.2. The third-order valence-electron chi connectivity index (χ3n) is 6.71. The molecule has 220 valence electrons. The third-order valence-corrected chi connectivity index (χ3v) is 9.22. The number of hydrogen-bond donors (Lipinski definition) is 1. The summed E-state index contributed by atoms with van der Waals surface area (Å²) in [5.74, 6) is -0.670. The lowest BCUT2D eigenvalue weighted by atomic mass is 10.1. The van der Waals surface area contributed by atoms with Crippen LogP contribution in [0.4, 0.5) is 5.69 Å². The number of sulfonamides is 1. The molecule has 0 unspecified atom stereocenters. The van der Waals surface area contributed by atoms with Crippen LogP contribution < -0.4 is 9.62 Å². The van der Waals surface area contributed by atoms with Crippen LogP contribution in [0.3, 0.4) is 0 Å². The second-order valence-corrected chi connectivity index (χ2v) is 13.4. The maximum absolute atomic E-state index is 14.1. The second kappa shape index (κ2) is 13.7. The quantitative estimate of drug-likeness (QED) is 0.273. The molecule has 0 aliphatic heterocycles. The fourth-order valence-corrected chi connectivity index (χ4v) is 6.00. The number of carbonyl (C=O) groups excluding carboxylic acids is 2. The van der Waals surface area contributed by atoms with Crippen LogP contribution in [-0.4, -0.2) is 44.3 Å². The van der Waals surface area contributed by atoms with E-state index in [0.29, 0.717) is 33.4 Å². The monoisotopic (exact) mass is 617 g/mol. The second-order valence-electron chi connectivity index (χ2n) is 10.7. The standard InChI is InChI=1S/C31H37Cl2N3O4S/c1-20(2)17-34-31(38)24(6)35(18-25-11-14-27(32)28(33)16-25)30(37)19-36(29-15-22(4)7-10-23(29)5)41(39,40)26-12-8-21(3)9-13-26/h7-16,20,24H,17-19H2,1-6H3,(H,34,38)/t24-/m1/s1. The van der Waals surface area contributed by atoms with Gasteiger partial charge < -0.3 is 10.2 Å². The zero-order valence-electron chi connectivity index (χ0n) is 24.2. The van der Waals surface area contributed by atoms with Gasteiger partial charge in [0.1, 0.15) is 12.6 Å². The van der Waals surface area contributed by atoms with Crippen molar-refractivity contribution in [1.29, 1.82) is 0 Å². The lowest BCUT2D eigenvalue weighted by Gasteiger charge is -2.32. The summed E-state index contributed by atoms with van der Waals surface area (Å²) in [7, 11) is -4.14. The van der Waals surface area contributed by atoms with Gasteiger partial charge in [0.2, 0.25) is 11.8 Å². The number of rotatable bonds is 11. The molecular formula is C31H37Cl2N3O4S. The Morgan fingerprint density at radius 2 is 1.49 bits per heavy atom. The number of halogens is 2. The number of anilines is 1. The Balaban J connectivity index is 2.07. The Kier molecular flexibility index (Phi) is 10.9. The average Bonchev–Trinajstić information content (AvgIpc) is 2.92. The van der Waals surface area contributed by atoms with E-state index in [1.165, 1.54) is 17.0 Å². The lowest BCUT2D eigenvalue weighted by molar-refractivity contribution is -0.139. The first-order valence-electron chi connectivity index (χ1n) is 13.4. The zero-order valence-corrected chi connectivity index (χ0v) is 26.6. The van der Waals surface area contributed by atoms with E-state index in [1.54, 1.807) is 50.2 Å². The fraction of sp³-hybridized carbons (Fsp3) is 0.355. The van der Waals surface area contributed by atoms with Crippen molar-refractivity contribution in [2.45, 2.75) is 59.0 Å². The molecule has 0 heterocycles. The number of aryl methyl sites for hydroxylation is 3. The molecule has 0 aromatic heterocycles. The maximum Gasteiger partial charge on any atom is 0.264 e. The molecule has 0 aliphatic rings. The summed E-state index contributed by atoms with van der Waals surface area (Å²) in [6.45, 7) is 11.1. The highest BCUT2D eigenvalue weighted by Crippen LogP contribution is 2.29. The number of hydrogen-bond acceptors (Lipinski definition) is 4. The summed E-state index contributed by atoms with van der Waals surface area (Å²) in [5, 5.41) is 3.55. The molecule has 3 aromatic carbocycles. The molecule has 0 bridgehead atoms. The van der Waals surface area contributed by atoms with Gasteiger partial charge in [0.05, 0.1) is 20.6 Å². The topological polar surface area (TPSA) is 86.8 Å². The SMILES string of the molecule is Cc1ccc(S(=O)(=O)N(CC(=O)N(Cc2ccc(Cl)c(Cl)c2)[C@H](C)C(=O)NCC(C)C)c2cc(C)ccc2C)cc1. The minimum absolute atomic E-state index is 0.0250. The van der Waals surface area contributed by atoms with Crippen LogP contribution in [0.15, 0.2) is 65.6 Å². The minimum atomic E-state index is -4.14. The number of carbonyl (C=O) groups is 2. The third kappa shape index (κ3) is 8.24. The molecule has 0 radical (unpaired) electrons. The van der Waals surface area contributed by atoms with Crippen molar-refractivity contribution in [1.82, 2.24) is 10.2 Å². The Hall–Kier alpha value is -3.07. The Labute approximate surface area is 253 Å². The molecule has 0 aliphatic carbocycles. The normalized spacial score (nSPS) is 12.2. The molecule has 1 atom stereocenters. The summed E-state index contributed by atoms with van der Waals surface area (Å²) in [5.41, 5.74) is 3.49. The van der Waals surface area contributed by atoms with Gasteiger partial charge in [-0.05, 0) is 80.6 Å². The van der Waals surface area contributed by atoms with E-state index in [1.807, 2.05) is 39.8 Å². The zero-order chi connectivity index (χ0) is 30.5. The largest absolute Gasteiger partial charge is 0.354 e. The molecule has 0 saturated carbocycles. The minimum Gasteiger partial charge on any atom is -0.354 e. The highest BCUT2D eigenvalue weighted by atomic mass is 35.5. The van der Waals surface area contributed by atoms with Crippen molar-refractivity contribution in [2.75, 3.05) is 17.4 Å². The molecule has 10 heteroatoms. The number of nitrogens with zero attached hydrogens (tertiary/aromatic N) is 2. The van der Waals surface area contributed by atoms with E-state index in [2.05, 4.69) is 5.32 Å². The van der Waals surface area contributed by atoms with Gasteiger partial charge in [-0.1, -0.05) is 72.9 Å². The van der Waals surface area contributed by atoms with Crippen LogP contribution >= 0.6 is 23.2 Å². The average molecular weight is 619 g/mol. The van der Waals surface area contributed by atoms with Gasteiger partial charge >= 0.3 is 0 Å². The van der Waals surface area contributed by atoms with Gasteiger partial charge in [0, 0.05) is 13.1 Å². The Morgan fingerprint density at radius 3 is 2.10 bits per heavy atom. The Bertz CT molecular complexity index is 1510. The molecule has 7 nitrogen and oxygen atoms in total. The van der Waals surface area contributed by atoms with E-state index in [-0.39, 0.29) is 23.3 Å². The number of benzene rings is 3. The van der Waals surface area contributed by atoms with Crippen molar-refractivity contribution in [2.24, 2.45) is 5.92 Å². The van der Waals surface area contributed by atoms with Crippen LogP contribution in [0.1, 0.15) is 43.0 Å². The molecule has 0 saturated heterocycles. The summed E-state index contributed by atoms with van der Waals surface area (Å²) >= 11 is 12.3. The van der Waals surface area contributed by atoms with E-state index < -0.39 is 28.5 Å². The summed E-state index contributed by atoms with van der Waals surface area (Å²) in [6, 6.07) is 16.0. The van der Waals surface area contributed by atoms with Crippen LogP contribution in [-0.2, 0) is 26.2 Å². The molecule has 0 fully saturated rings. The van der Waals surface area contributed by atoms with Gasteiger partial charge in [0.25, 0.3) is 10.0 Å². The molecule has 2 amide bonds. The highest BCUT2D eigenvalue weighted by molar-refractivity contribution is 7.92. The van der Waals surface area contributed by atoms with Crippen LogP contribution in [0, 0.1) is 26.7 Å². The molecule has 41 heavy (non-hydrogen) atoms. The van der Waals surface area contributed by atoms with Gasteiger partial charge in [-0.25, -0.2) is 8.42 Å². The van der Waals surface area contributed by atoms with Crippen LogP contribution in [0.2, 0.25) is 10.0 Å². The van der Waals surface area contributed by atoms with E-state index in [0.717, 1.165) is 15.4 Å². The van der Waals surface area contributed by atoms with E-state index in [4.69, 9.17) is 23.2 Å². The van der Waals surface area contributed by atoms with E-state index >= 15 is 0 Å². The first-order valence-corrected chi connectivity index (χ1v) is 15.6. The lowest BCUT2D eigenvalue weighted by Crippen LogP contribution is -2.51. The molecule has 1 N–H and O–H groups in total. The van der Waals surface area contributed by atoms with Gasteiger partial charge in [-0.2, -0.15) is 0 Å². The summed E-state index contributed by atoms with van der Waals surface area (Å²) in [6.07, 6.45) is 0. The summed E-state index contributed by atoms with van der Waals surface area (Å²) < 4.78 is 29.2. The smallest absolute Gasteiger partial charge is 0.264 e. The number of nitrogens with one attached hydrogen (secondary N) is 1. The van der Waals surface area contributed by atoms with Crippen molar-refractivity contribution >= 4 is 50.7 Å². The van der Waals surface area contributed by atoms with Crippen molar-refractivity contribution in [3.63, 3.8) is 0 Å². The number of amides is 2. The first kappa shape index (κ1) is 32.4. The van der Waals surface area contributed by atoms with Crippen LogP contribution in [0.5, 0.6) is 0 Å². The Morgan fingerprint density at radius 1 is 0.854 bits per heavy atom. The molecule has 0 spiro atoms. The van der Waals surface area contributed by atoms with Crippen molar-refractivity contribution < 1.29 is 18.0 Å². The molecule has 3 aromatic rings. The van der Waals surface area contributed by atoms with Gasteiger partial charge in [-0.3, -0.25) is 13.9 Å². The van der Waals surface area contributed by atoms with E-state index in [9.17, 15) is 18.0 Å². The van der Waals surface area contributed by atoms with Gasteiger partial charge in [-0.15, -0.1) is 0 Å².